The highest BCUT2D eigenvalue weighted by Crippen LogP contribution is 2.25. The van der Waals surface area contributed by atoms with E-state index in [-0.39, 0.29) is 20.8 Å². The van der Waals surface area contributed by atoms with Crippen molar-refractivity contribution in [3.63, 3.8) is 0 Å². The molecule has 7 nitrogen and oxygen atoms in total. The van der Waals surface area contributed by atoms with Crippen molar-refractivity contribution in [3.05, 3.63) is 52.8 Å². The van der Waals surface area contributed by atoms with Crippen LogP contribution in [0.2, 0.25) is 0 Å². The van der Waals surface area contributed by atoms with Crippen LogP contribution in [0.3, 0.4) is 0 Å². The fourth-order valence-corrected chi connectivity index (χ4v) is 5.46. The molecular formula is C17H18BrN3O4S2. The molecule has 3 aromatic rings. The minimum atomic E-state index is -3.95. The topological polar surface area (TPSA) is 98.1 Å². The van der Waals surface area contributed by atoms with Crippen LogP contribution in [-0.2, 0) is 33.0 Å². The van der Waals surface area contributed by atoms with Gasteiger partial charge in [0.1, 0.15) is 5.82 Å². The highest BCUT2D eigenvalue weighted by molar-refractivity contribution is 9.10. The standard InChI is InChI=1S/C17H18BrN3O4S2/c1-3-21-15-7-5-4-6-14(15)20-17(21)11-19-27(24,25)16-10-12(26(2,22)23)8-9-13(16)18/h4-10,19H,3,11H2,1-2H3. The molecule has 27 heavy (non-hydrogen) atoms. The van der Waals surface area contributed by atoms with Gasteiger partial charge in [0.2, 0.25) is 10.0 Å². The third-order valence-corrected chi connectivity index (χ3v) is 7.60. The van der Waals surface area contributed by atoms with Crippen molar-refractivity contribution in [1.29, 1.82) is 0 Å². The minimum absolute atomic E-state index is 0.0135. The largest absolute Gasteiger partial charge is 0.327 e. The number of hydrogen-bond donors (Lipinski definition) is 1. The summed E-state index contributed by atoms with van der Waals surface area (Å²) in [5.41, 5.74) is 1.71. The minimum Gasteiger partial charge on any atom is -0.327 e. The van der Waals surface area contributed by atoms with Crippen LogP contribution in [0.1, 0.15) is 12.7 Å². The van der Waals surface area contributed by atoms with Gasteiger partial charge in [-0.25, -0.2) is 26.5 Å². The summed E-state index contributed by atoms with van der Waals surface area (Å²) in [5, 5.41) is 0. The molecule has 0 aliphatic carbocycles. The Morgan fingerprint density at radius 2 is 1.81 bits per heavy atom. The lowest BCUT2D eigenvalue weighted by molar-refractivity contribution is 0.575. The maximum absolute atomic E-state index is 12.7. The number of sulfone groups is 1. The molecule has 2 aromatic carbocycles. The SMILES string of the molecule is CCn1c(CNS(=O)(=O)c2cc(S(C)(=O)=O)ccc2Br)nc2ccccc21. The van der Waals surface area contributed by atoms with E-state index in [1.165, 1.54) is 12.1 Å². The Morgan fingerprint density at radius 3 is 2.48 bits per heavy atom. The highest BCUT2D eigenvalue weighted by Gasteiger charge is 2.21. The van der Waals surface area contributed by atoms with Crippen molar-refractivity contribution < 1.29 is 16.8 Å². The molecular weight excluding hydrogens is 454 g/mol. The second-order valence-corrected chi connectivity index (χ2v) is 10.6. The van der Waals surface area contributed by atoms with Crippen molar-refractivity contribution >= 4 is 46.8 Å². The number of aromatic nitrogens is 2. The summed E-state index contributed by atoms with van der Waals surface area (Å²) in [6.45, 7) is 2.59. The molecule has 1 heterocycles. The number of nitrogens with one attached hydrogen (secondary N) is 1. The first kappa shape index (κ1) is 20.0. The molecule has 1 N–H and O–H groups in total. The van der Waals surface area contributed by atoms with Crippen LogP contribution in [0.5, 0.6) is 0 Å². The van der Waals surface area contributed by atoms with E-state index in [4.69, 9.17) is 0 Å². The maximum atomic E-state index is 12.7. The number of halogens is 1. The van der Waals surface area contributed by atoms with E-state index < -0.39 is 19.9 Å². The smallest absolute Gasteiger partial charge is 0.242 e. The van der Waals surface area contributed by atoms with E-state index in [0.29, 0.717) is 12.4 Å². The third kappa shape index (κ3) is 4.08. The Morgan fingerprint density at radius 1 is 1.11 bits per heavy atom. The fraction of sp³-hybridized carbons (Fsp3) is 0.235. The van der Waals surface area contributed by atoms with Gasteiger partial charge >= 0.3 is 0 Å². The van der Waals surface area contributed by atoms with E-state index in [2.05, 4.69) is 25.6 Å². The van der Waals surface area contributed by atoms with Crippen molar-refractivity contribution in [2.45, 2.75) is 29.8 Å². The van der Waals surface area contributed by atoms with Gasteiger partial charge in [0.15, 0.2) is 9.84 Å². The molecule has 0 aliphatic rings. The van der Waals surface area contributed by atoms with Crippen LogP contribution in [0.15, 0.2) is 56.7 Å². The highest BCUT2D eigenvalue weighted by atomic mass is 79.9. The lowest BCUT2D eigenvalue weighted by atomic mass is 10.3. The Bertz CT molecular complexity index is 1220. The predicted octanol–water partition coefficient (Wildman–Crippen LogP) is 2.70. The number of para-hydroxylation sites is 2. The first-order valence-electron chi connectivity index (χ1n) is 8.07. The fourth-order valence-electron chi connectivity index (χ4n) is 2.77. The summed E-state index contributed by atoms with van der Waals surface area (Å²) in [6.07, 6.45) is 1.03. The van der Waals surface area contributed by atoms with Gasteiger partial charge in [-0.15, -0.1) is 0 Å². The molecule has 0 spiro atoms. The van der Waals surface area contributed by atoms with Crippen LogP contribution < -0.4 is 4.72 Å². The molecule has 0 radical (unpaired) electrons. The van der Waals surface area contributed by atoms with Gasteiger partial charge in [-0.2, -0.15) is 0 Å². The van der Waals surface area contributed by atoms with Crippen molar-refractivity contribution in [1.82, 2.24) is 14.3 Å². The number of nitrogens with zero attached hydrogens (tertiary/aromatic N) is 2. The monoisotopic (exact) mass is 471 g/mol. The summed E-state index contributed by atoms with van der Waals surface area (Å²) in [4.78, 5) is 4.29. The molecule has 0 aliphatic heterocycles. The van der Waals surface area contributed by atoms with Gasteiger partial charge in [0, 0.05) is 17.3 Å². The lowest BCUT2D eigenvalue weighted by Gasteiger charge is -2.11. The number of fused-ring (bicyclic) bond motifs is 1. The lowest BCUT2D eigenvalue weighted by Crippen LogP contribution is -2.25. The molecule has 0 unspecified atom stereocenters. The molecule has 0 amide bonds. The zero-order chi connectivity index (χ0) is 19.8. The summed E-state index contributed by atoms with van der Waals surface area (Å²) < 4.78 is 53.7. The zero-order valence-corrected chi connectivity index (χ0v) is 17.9. The molecule has 0 atom stereocenters. The summed E-state index contributed by atoms with van der Waals surface area (Å²) in [5.74, 6) is 0.581. The molecule has 0 saturated carbocycles. The van der Waals surface area contributed by atoms with E-state index in [1.807, 2.05) is 35.8 Å². The normalized spacial score (nSPS) is 12.6. The van der Waals surface area contributed by atoms with Crippen LogP contribution in [0, 0.1) is 0 Å². The van der Waals surface area contributed by atoms with Crippen molar-refractivity contribution in [2.24, 2.45) is 0 Å². The van der Waals surface area contributed by atoms with E-state index in [9.17, 15) is 16.8 Å². The predicted molar refractivity (Wildman–Crippen MR) is 107 cm³/mol. The van der Waals surface area contributed by atoms with Gasteiger partial charge in [0.05, 0.1) is 27.4 Å². The molecule has 0 fully saturated rings. The molecule has 3 rings (SSSR count). The van der Waals surface area contributed by atoms with Gasteiger partial charge in [0.25, 0.3) is 0 Å². The van der Waals surface area contributed by atoms with Crippen LogP contribution >= 0.6 is 15.9 Å². The molecule has 0 bridgehead atoms. The Labute approximate surface area is 166 Å². The molecule has 1 aromatic heterocycles. The number of benzene rings is 2. The number of hydrogen-bond acceptors (Lipinski definition) is 5. The number of aryl methyl sites for hydroxylation is 1. The van der Waals surface area contributed by atoms with Gasteiger partial charge in [-0.1, -0.05) is 12.1 Å². The van der Waals surface area contributed by atoms with Crippen LogP contribution in [0.4, 0.5) is 0 Å². The van der Waals surface area contributed by atoms with E-state index in [1.54, 1.807) is 0 Å². The van der Waals surface area contributed by atoms with Gasteiger partial charge in [-0.05, 0) is 53.2 Å². The molecule has 144 valence electrons. The molecule has 10 heteroatoms. The number of sulfonamides is 1. The van der Waals surface area contributed by atoms with Crippen molar-refractivity contribution in [2.75, 3.05) is 6.26 Å². The average molecular weight is 472 g/mol. The third-order valence-electron chi connectivity index (χ3n) is 4.09. The zero-order valence-electron chi connectivity index (χ0n) is 14.7. The first-order valence-corrected chi connectivity index (χ1v) is 12.2. The quantitative estimate of drug-likeness (QED) is 0.595. The summed E-state index contributed by atoms with van der Waals surface area (Å²) in [7, 11) is -7.48. The van der Waals surface area contributed by atoms with Crippen molar-refractivity contribution in [3.8, 4) is 0 Å². The van der Waals surface area contributed by atoms with Crippen LogP contribution in [0.25, 0.3) is 11.0 Å². The van der Waals surface area contributed by atoms with Gasteiger partial charge in [-0.3, -0.25) is 0 Å². The summed E-state index contributed by atoms with van der Waals surface area (Å²) in [6, 6.07) is 11.5. The summed E-state index contributed by atoms with van der Waals surface area (Å²) >= 11 is 3.18. The van der Waals surface area contributed by atoms with E-state index >= 15 is 0 Å². The van der Waals surface area contributed by atoms with E-state index in [0.717, 1.165) is 23.4 Å². The maximum Gasteiger partial charge on any atom is 0.242 e. The first-order chi connectivity index (χ1) is 12.6. The van der Waals surface area contributed by atoms with Gasteiger partial charge < -0.3 is 4.57 Å². The second-order valence-electron chi connectivity index (χ2n) is 5.95. The second kappa shape index (κ2) is 7.34. The molecule has 0 saturated heterocycles. The number of rotatable bonds is 6. The Kier molecular flexibility index (Phi) is 5.44. The average Bonchev–Trinajstić information content (AvgIpc) is 2.96. The Balaban J connectivity index is 1.95. The Hall–Kier alpha value is -1.75. The number of imidazole rings is 1. The van der Waals surface area contributed by atoms with Crippen LogP contribution in [-0.4, -0.2) is 32.6 Å².